The highest BCUT2D eigenvalue weighted by atomic mass is 16.3. The third-order valence-electron chi connectivity index (χ3n) is 2.54. The average Bonchev–Trinajstić information content (AvgIpc) is 2.21. The lowest BCUT2D eigenvalue weighted by Gasteiger charge is -2.19. The number of nitrogens with zero attached hydrogens (tertiary/aromatic N) is 2. The zero-order valence-corrected chi connectivity index (χ0v) is 10.4. The standard InChI is InChI=1S/C11H24N2O2/c1-5-13(4)11(15)7-9-12(3)8-6-10(2)14/h10,14H,5-9H2,1-4H3. The Morgan fingerprint density at radius 2 is 1.93 bits per heavy atom. The monoisotopic (exact) mass is 216 g/mol. The molecule has 0 heterocycles. The van der Waals surface area contributed by atoms with E-state index in [0.717, 1.165) is 26.1 Å². The minimum atomic E-state index is -0.263. The van der Waals surface area contributed by atoms with Crippen molar-refractivity contribution < 1.29 is 9.90 Å². The Labute approximate surface area is 92.9 Å². The van der Waals surface area contributed by atoms with E-state index in [0.29, 0.717) is 6.42 Å². The van der Waals surface area contributed by atoms with Crippen LogP contribution < -0.4 is 0 Å². The molecular weight excluding hydrogens is 192 g/mol. The molecule has 90 valence electrons. The van der Waals surface area contributed by atoms with Gasteiger partial charge < -0.3 is 14.9 Å². The lowest BCUT2D eigenvalue weighted by atomic mass is 10.2. The third kappa shape index (κ3) is 7.33. The van der Waals surface area contributed by atoms with E-state index in [9.17, 15) is 4.79 Å². The van der Waals surface area contributed by atoms with Crippen LogP contribution in [0.25, 0.3) is 0 Å². The Bertz CT molecular complexity index is 183. The van der Waals surface area contributed by atoms with Gasteiger partial charge in [0.15, 0.2) is 0 Å². The summed E-state index contributed by atoms with van der Waals surface area (Å²) in [7, 11) is 3.79. The van der Waals surface area contributed by atoms with Crippen LogP contribution in [0.15, 0.2) is 0 Å². The molecule has 0 aliphatic carbocycles. The van der Waals surface area contributed by atoms with Crippen molar-refractivity contribution in [2.75, 3.05) is 33.7 Å². The quantitative estimate of drug-likeness (QED) is 0.676. The first kappa shape index (κ1) is 14.4. The van der Waals surface area contributed by atoms with Gasteiger partial charge in [-0.05, 0) is 27.3 Å². The first-order valence-corrected chi connectivity index (χ1v) is 5.58. The van der Waals surface area contributed by atoms with Crippen LogP contribution in [0.2, 0.25) is 0 Å². The molecule has 0 radical (unpaired) electrons. The summed E-state index contributed by atoms with van der Waals surface area (Å²) in [6.45, 7) is 6.10. The molecular formula is C11H24N2O2. The zero-order valence-electron chi connectivity index (χ0n) is 10.4. The lowest BCUT2D eigenvalue weighted by molar-refractivity contribution is -0.130. The summed E-state index contributed by atoms with van der Waals surface area (Å²) in [6.07, 6.45) is 1.05. The van der Waals surface area contributed by atoms with Gasteiger partial charge in [-0.15, -0.1) is 0 Å². The van der Waals surface area contributed by atoms with Crippen LogP contribution in [0.4, 0.5) is 0 Å². The third-order valence-corrected chi connectivity index (χ3v) is 2.54. The van der Waals surface area contributed by atoms with Gasteiger partial charge in [-0.25, -0.2) is 0 Å². The van der Waals surface area contributed by atoms with Crippen LogP contribution in [-0.2, 0) is 4.79 Å². The van der Waals surface area contributed by atoms with Crippen molar-refractivity contribution in [3.63, 3.8) is 0 Å². The van der Waals surface area contributed by atoms with Crippen molar-refractivity contribution in [3.8, 4) is 0 Å². The maximum Gasteiger partial charge on any atom is 0.223 e. The first-order valence-electron chi connectivity index (χ1n) is 5.58. The van der Waals surface area contributed by atoms with Gasteiger partial charge in [0, 0.05) is 33.1 Å². The van der Waals surface area contributed by atoms with E-state index in [1.165, 1.54) is 0 Å². The molecule has 0 spiro atoms. The first-order chi connectivity index (χ1) is 6.97. The van der Waals surface area contributed by atoms with Gasteiger partial charge in [0.25, 0.3) is 0 Å². The molecule has 0 aromatic rings. The van der Waals surface area contributed by atoms with Crippen molar-refractivity contribution in [3.05, 3.63) is 0 Å². The van der Waals surface area contributed by atoms with Crippen LogP contribution in [0, 0.1) is 0 Å². The Morgan fingerprint density at radius 3 is 2.40 bits per heavy atom. The topological polar surface area (TPSA) is 43.8 Å². The summed E-state index contributed by atoms with van der Waals surface area (Å²) >= 11 is 0. The molecule has 0 bridgehead atoms. The van der Waals surface area contributed by atoms with Crippen molar-refractivity contribution >= 4 is 5.91 Å². The van der Waals surface area contributed by atoms with Gasteiger partial charge in [0.05, 0.1) is 6.10 Å². The molecule has 0 saturated carbocycles. The molecule has 4 nitrogen and oxygen atoms in total. The number of amides is 1. The molecule has 1 atom stereocenters. The fourth-order valence-corrected chi connectivity index (χ4v) is 1.17. The number of carbonyl (C=O) groups is 1. The maximum atomic E-state index is 11.5. The van der Waals surface area contributed by atoms with Crippen LogP contribution >= 0.6 is 0 Å². The van der Waals surface area contributed by atoms with Crippen molar-refractivity contribution in [1.29, 1.82) is 0 Å². The molecule has 0 fully saturated rings. The average molecular weight is 216 g/mol. The summed E-state index contributed by atoms with van der Waals surface area (Å²) in [6, 6.07) is 0. The predicted octanol–water partition coefficient (Wildman–Crippen LogP) is 0.558. The number of rotatable bonds is 7. The summed E-state index contributed by atoms with van der Waals surface area (Å²) in [5, 5.41) is 9.10. The van der Waals surface area contributed by atoms with Crippen LogP contribution in [0.5, 0.6) is 0 Å². The number of hydrogen-bond donors (Lipinski definition) is 1. The molecule has 15 heavy (non-hydrogen) atoms. The van der Waals surface area contributed by atoms with Crippen LogP contribution in [0.1, 0.15) is 26.7 Å². The number of aliphatic hydroxyl groups is 1. The highest BCUT2D eigenvalue weighted by Gasteiger charge is 2.08. The van der Waals surface area contributed by atoms with Crippen LogP contribution in [-0.4, -0.2) is 60.6 Å². The Hall–Kier alpha value is -0.610. The van der Waals surface area contributed by atoms with Crippen molar-refractivity contribution in [2.24, 2.45) is 0 Å². The second kappa shape index (κ2) is 7.65. The van der Waals surface area contributed by atoms with E-state index in [4.69, 9.17) is 5.11 Å². The Kier molecular flexibility index (Phi) is 7.34. The maximum absolute atomic E-state index is 11.5. The highest BCUT2D eigenvalue weighted by Crippen LogP contribution is 1.96. The molecule has 0 rings (SSSR count). The zero-order chi connectivity index (χ0) is 11.8. The fourth-order valence-electron chi connectivity index (χ4n) is 1.17. The van der Waals surface area contributed by atoms with Gasteiger partial charge in [-0.1, -0.05) is 0 Å². The van der Waals surface area contributed by atoms with E-state index in [1.807, 2.05) is 21.0 Å². The minimum Gasteiger partial charge on any atom is -0.393 e. The van der Waals surface area contributed by atoms with Gasteiger partial charge in [0.2, 0.25) is 5.91 Å². The summed E-state index contributed by atoms with van der Waals surface area (Å²) < 4.78 is 0. The summed E-state index contributed by atoms with van der Waals surface area (Å²) in [5.41, 5.74) is 0. The summed E-state index contributed by atoms with van der Waals surface area (Å²) in [5.74, 6) is 0.182. The molecule has 0 aliphatic rings. The van der Waals surface area contributed by atoms with Crippen LogP contribution in [0.3, 0.4) is 0 Å². The molecule has 0 saturated heterocycles. The Balaban J connectivity index is 3.61. The second-order valence-corrected chi connectivity index (χ2v) is 4.10. The molecule has 1 unspecified atom stereocenters. The molecule has 0 aromatic carbocycles. The summed E-state index contributed by atoms with van der Waals surface area (Å²) in [4.78, 5) is 15.3. The Morgan fingerprint density at radius 1 is 1.33 bits per heavy atom. The van der Waals surface area contributed by atoms with E-state index >= 15 is 0 Å². The smallest absolute Gasteiger partial charge is 0.223 e. The molecule has 0 aliphatic heterocycles. The fraction of sp³-hybridized carbons (Fsp3) is 0.909. The van der Waals surface area contributed by atoms with E-state index in [-0.39, 0.29) is 12.0 Å². The van der Waals surface area contributed by atoms with Gasteiger partial charge >= 0.3 is 0 Å². The van der Waals surface area contributed by atoms with Crippen molar-refractivity contribution in [2.45, 2.75) is 32.8 Å². The highest BCUT2D eigenvalue weighted by molar-refractivity contribution is 5.75. The van der Waals surface area contributed by atoms with E-state index in [2.05, 4.69) is 4.90 Å². The second-order valence-electron chi connectivity index (χ2n) is 4.10. The largest absolute Gasteiger partial charge is 0.393 e. The number of aliphatic hydroxyl groups excluding tert-OH is 1. The molecule has 1 amide bonds. The van der Waals surface area contributed by atoms with Gasteiger partial charge in [-0.2, -0.15) is 0 Å². The predicted molar refractivity (Wildman–Crippen MR) is 61.7 cm³/mol. The van der Waals surface area contributed by atoms with E-state index < -0.39 is 0 Å². The van der Waals surface area contributed by atoms with E-state index in [1.54, 1.807) is 11.8 Å². The lowest BCUT2D eigenvalue weighted by Crippen LogP contribution is -2.31. The minimum absolute atomic E-state index is 0.182. The van der Waals surface area contributed by atoms with Gasteiger partial charge in [-0.3, -0.25) is 4.79 Å². The molecule has 1 N–H and O–H groups in total. The number of carbonyl (C=O) groups excluding carboxylic acids is 1. The normalized spacial score (nSPS) is 12.9. The SMILES string of the molecule is CCN(C)C(=O)CCN(C)CCC(C)O. The van der Waals surface area contributed by atoms with Crippen molar-refractivity contribution in [1.82, 2.24) is 9.80 Å². The molecule has 4 heteroatoms. The van der Waals surface area contributed by atoms with Gasteiger partial charge in [0.1, 0.15) is 0 Å². The molecule has 0 aromatic heterocycles. The number of hydrogen-bond acceptors (Lipinski definition) is 3.